The number of thioether (sulfide) groups is 1. The van der Waals surface area contributed by atoms with Gasteiger partial charge >= 0.3 is 0 Å². The maximum atomic E-state index is 5.11. The maximum absolute atomic E-state index is 5.11. The molecular weight excluding hydrogens is 264 g/mol. The second-order valence-corrected chi connectivity index (χ2v) is 8.46. The molecule has 20 heavy (non-hydrogen) atoms. The van der Waals surface area contributed by atoms with Crippen molar-refractivity contribution in [3.8, 4) is 0 Å². The van der Waals surface area contributed by atoms with E-state index < -0.39 is 0 Å². The normalized spacial score (nSPS) is 44.5. The van der Waals surface area contributed by atoms with E-state index in [4.69, 9.17) is 4.99 Å². The van der Waals surface area contributed by atoms with E-state index in [1.807, 2.05) is 11.8 Å². The molecule has 2 nitrogen and oxygen atoms in total. The molecule has 0 amide bonds. The highest BCUT2D eigenvalue weighted by molar-refractivity contribution is 8.14. The number of nitrogens with one attached hydrogen (secondary N) is 1. The van der Waals surface area contributed by atoms with Crippen LogP contribution in [0.3, 0.4) is 0 Å². The lowest BCUT2D eigenvalue weighted by molar-refractivity contribution is 0.250. The fourth-order valence-corrected chi connectivity index (χ4v) is 5.25. The van der Waals surface area contributed by atoms with Gasteiger partial charge in [0.25, 0.3) is 0 Å². The Morgan fingerprint density at radius 1 is 1.05 bits per heavy atom. The zero-order valence-corrected chi connectivity index (χ0v) is 14.0. The molecule has 0 aromatic carbocycles. The number of amidine groups is 1. The Labute approximate surface area is 128 Å². The molecule has 0 bridgehead atoms. The highest BCUT2D eigenvalue weighted by atomic mass is 32.2. The Hall–Kier alpha value is -0.180. The predicted octanol–water partition coefficient (Wildman–Crippen LogP) is 4.60. The van der Waals surface area contributed by atoms with Gasteiger partial charge in [0.05, 0.1) is 6.04 Å². The van der Waals surface area contributed by atoms with E-state index in [1.165, 1.54) is 68.7 Å². The van der Waals surface area contributed by atoms with Crippen LogP contribution in [0.4, 0.5) is 0 Å². The lowest BCUT2D eigenvalue weighted by Crippen LogP contribution is -2.46. The Morgan fingerprint density at radius 3 is 2.60 bits per heavy atom. The summed E-state index contributed by atoms with van der Waals surface area (Å²) in [5, 5.41) is 5.09. The summed E-state index contributed by atoms with van der Waals surface area (Å²) in [5.74, 6) is 2.95. The Kier molecular flexibility index (Phi) is 4.64. The van der Waals surface area contributed by atoms with Crippen LogP contribution in [-0.4, -0.2) is 22.5 Å². The number of hydrogen-bond donors (Lipinski definition) is 1. The fourth-order valence-electron chi connectivity index (χ4n) is 3.97. The van der Waals surface area contributed by atoms with Crippen LogP contribution in [0.5, 0.6) is 0 Å². The van der Waals surface area contributed by atoms with Gasteiger partial charge < -0.3 is 5.32 Å². The Bertz CT molecular complexity index is 358. The van der Waals surface area contributed by atoms with Gasteiger partial charge in [-0.25, -0.2) is 0 Å². The van der Waals surface area contributed by atoms with Gasteiger partial charge in [-0.2, -0.15) is 0 Å². The average molecular weight is 295 g/mol. The minimum Gasteiger partial charge on any atom is -0.359 e. The van der Waals surface area contributed by atoms with Gasteiger partial charge in [0, 0.05) is 11.3 Å². The molecule has 2 atom stereocenters. The number of aliphatic imine (C=N–C) groups is 1. The van der Waals surface area contributed by atoms with Crippen molar-refractivity contribution in [3.63, 3.8) is 0 Å². The molecule has 1 spiro atoms. The summed E-state index contributed by atoms with van der Waals surface area (Å²) in [7, 11) is 0. The van der Waals surface area contributed by atoms with Gasteiger partial charge in [-0.05, 0) is 50.4 Å². The Balaban J connectivity index is 1.62. The van der Waals surface area contributed by atoms with Gasteiger partial charge in [0.1, 0.15) is 0 Å². The van der Waals surface area contributed by atoms with Crippen molar-refractivity contribution in [2.24, 2.45) is 16.8 Å². The zero-order valence-electron chi connectivity index (χ0n) is 13.2. The van der Waals surface area contributed by atoms with E-state index >= 15 is 0 Å². The van der Waals surface area contributed by atoms with Gasteiger partial charge in [-0.3, -0.25) is 4.99 Å². The lowest BCUT2D eigenvalue weighted by atomic mass is 9.78. The molecule has 2 unspecified atom stereocenters. The summed E-state index contributed by atoms with van der Waals surface area (Å²) in [6, 6.07) is 0.574. The second kappa shape index (κ2) is 6.29. The van der Waals surface area contributed by atoms with Gasteiger partial charge in [-0.15, -0.1) is 0 Å². The molecule has 114 valence electrons. The zero-order chi connectivity index (χ0) is 14.0. The third-order valence-electron chi connectivity index (χ3n) is 5.69. The quantitative estimate of drug-likeness (QED) is 0.715. The maximum Gasteiger partial charge on any atom is 0.157 e. The van der Waals surface area contributed by atoms with Crippen molar-refractivity contribution >= 4 is 16.9 Å². The van der Waals surface area contributed by atoms with Gasteiger partial charge in [-0.1, -0.05) is 44.9 Å². The first-order valence-corrected chi connectivity index (χ1v) is 9.64. The van der Waals surface area contributed by atoms with E-state index in [1.54, 1.807) is 0 Å². The minimum atomic E-state index is 0.393. The first-order valence-electron chi connectivity index (χ1n) is 8.66. The first kappa shape index (κ1) is 14.7. The summed E-state index contributed by atoms with van der Waals surface area (Å²) in [4.78, 5) is 5.11. The third-order valence-corrected chi connectivity index (χ3v) is 6.87. The molecule has 1 saturated heterocycles. The van der Waals surface area contributed by atoms with Crippen molar-refractivity contribution in [2.75, 3.05) is 5.75 Å². The summed E-state index contributed by atoms with van der Waals surface area (Å²) < 4.78 is 0. The average Bonchev–Trinajstić information content (AvgIpc) is 2.72. The molecule has 2 saturated carbocycles. The van der Waals surface area contributed by atoms with Gasteiger partial charge in [0.15, 0.2) is 5.17 Å². The molecule has 0 aromatic rings. The molecule has 3 heteroatoms. The molecule has 3 fully saturated rings. The largest absolute Gasteiger partial charge is 0.359 e. The molecule has 1 N–H and O–H groups in total. The van der Waals surface area contributed by atoms with Crippen LogP contribution in [0.15, 0.2) is 4.99 Å². The topological polar surface area (TPSA) is 24.4 Å². The van der Waals surface area contributed by atoms with E-state index in [2.05, 4.69) is 19.2 Å². The predicted molar refractivity (Wildman–Crippen MR) is 89.4 cm³/mol. The summed E-state index contributed by atoms with van der Waals surface area (Å²) in [6.07, 6.45) is 12.3. The Morgan fingerprint density at radius 2 is 1.80 bits per heavy atom. The van der Waals surface area contributed by atoms with E-state index in [-0.39, 0.29) is 0 Å². The highest BCUT2D eigenvalue weighted by Gasteiger charge is 2.40. The van der Waals surface area contributed by atoms with Gasteiger partial charge in [0.2, 0.25) is 0 Å². The van der Waals surface area contributed by atoms with E-state index in [9.17, 15) is 0 Å². The van der Waals surface area contributed by atoms with E-state index in [0.717, 1.165) is 11.8 Å². The van der Waals surface area contributed by atoms with Crippen LogP contribution in [-0.2, 0) is 0 Å². The van der Waals surface area contributed by atoms with Crippen LogP contribution in [0.1, 0.15) is 71.6 Å². The van der Waals surface area contributed by atoms with Crippen LogP contribution in [0, 0.1) is 11.8 Å². The van der Waals surface area contributed by atoms with Crippen molar-refractivity contribution in [3.05, 3.63) is 0 Å². The molecule has 0 aromatic heterocycles. The molecule has 0 radical (unpaired) electrons. The highest BCUT2D eigenvalue weighted by Crippen LogP contribution is 2.39. The molecule has 3 aliphatic rings. The minimum absolute atomic E-state index is 0.393. The van der Waals surface area contributed by atoms with Crippen molar-refractivity contribution in [2.45, 2.75) is 83.2 Å². The van der Waals surface area contributed by atoms with Crippen molar-refractivity contribution in [1.29, 1.82) is 0 Å². The smallest absolute Gasteiger partial charge is 0.157 e. The third kappa shape index (κ3) is 3.35. The lowest BCUT2D eigenvalue weighted by Gasteiger charge is -2.35. The second-order valence-electron chi connectivity index (χ2n) is 7.49. The van der Waals surface area contributed by atoms with Crippen LogP contribution < -0.4 is 5.32 Å². The standard InChI is InChI=1S/C17H30N2S/c1-13-8-10-17(11-9-13)12-20-16(19-17)18-15-7-5-3-4-6-14(15)2/h13-15H,3-12H2,1-2H3,(H,18,19). The summed E-state index contributed by atoms with van der Waals surface area (Å²) >= 11 is 1.99. The first-order chi connectivity index (χ1) is 9.67. The number of hydrogen-bond acceptors (Lipinski definition) is 2. The van der Waals surface area contributed by atoms with Crippen molar-refractivity contribution in [1.82, 2.24) is 5.32 Å². The molecule has 2 aliphatic carbocycles. The number of nitrogens with zero attached hydrogens (tertiary/aromatic N) is 1. The summed E-state index contributed by atoms with van der Waals surface area (Å²) in [5.41, 5.74) is 0.393. The van der Waals surface area contributed by atoms with Crippen LogP contribution in [0.25, 0.3) is 0 Å². The van der Waals surface area contributed by atoms with E-state index in [0.29, 0.717) is 11.6 Å². The SMILES string of the molecule is CC1CCC2(CC1)CSC(=NC1CCCCCC1C)N2. The van der Waals surface area contributed by atoms with Crippen LogP contribution in [0.2, 0.25) is 0 Å². The molecule has 1 heterocycles. The molecule has 3 rings (SSSR count). The van der Waals surface area contributed by atoms with Crippen molar-refractivity contribution < 1.29 is 0 Å². The monoisotopic (exact) mass is 294 g/mol. The summed E-state index contributed by atoms with van der Waals surface area (Å²) in [6.45, 7) is 4.80. The molecule has 1 aliphatic heterocycles. The van der Waals surface area contributed by atoms with Crippen LogP contribution >= 0.6 is 11.8 Å². The molecular formula is C17H30N2S. The fraction of sp³-hybridized carbons (Fsp3) is 0.941. The number of rotatable bonds is 1.